The molecule has 0 spiro atoms. The van der Waals surface area contributed by atoms with Crippen LogP contribution in [0, 0.1) is 0 Å². The normalized spacial score (nSPS) is 15.7. The Kier molecular flexibility index (Phi) is 7.17. The summed E-state index contributed by atoms with van der Waals surface area (Å²) in [5, 5.41) is 11.1. The average Bonchev–Trinajstić information content (AvgIpc) is 3.61. The fourth-order valence-corrected chi connectivity index (χ4v) is 5.50. The standard InChI is InChI=1S/C30H26ClN7O4/c1-35-16-20-14-22(8-9-23(20)30(35)42)33-29(41)26(13-19-5-3-2-4-6-19)37-18-27(39)36(17-28(37)40)25-15-21(31)7-10-24(25)38-12-11-32-34-38/h2-12,14-15,26H,13,16-18H2,1H3,(H,33,41). The predicted octanol–water partition coefficient (Wildman–Crippen LogP) is 2.93. The molecule has 1 fully saturated rings. The zero-order chi connectivity index (χ0) is 29.4. The van der Waals surface area contributed by atoms with Crippen molar-refractivity contribution in [2.75, 3.05) is 30.4 Å². The van der Waals surface area contributed by atoms with Gasteiger partial charge in [-0.05, 0) is 47.5 Å². The molecule has 0 radical (unpaired) electrons. The van der Waals surface area contributed by atoms with E-state index >= 15 is 0 Å². The minimum absolute atomic E-state index is 0.0708. The Hall–Kier alpha value is -5.03. The molecule has 4 amide bonds. The highest BCUT2D eigenvalue weighted by Crippen LogP contribution is 2.30. The van der Waals surface area contributed by atoms with E-state index in [1.165, 1.54) is 20.7 Å². The molecule has 1 unspecified atom stereocenters. The first-order valence-corrected chi connectivity index (χ1v) is 13.7. The number of carbonyl (C=O) groups excluding carboxylic acids is 4. The number of anilines is 2. The molecule has 0 aliphatic carbocycles. The molecule has 0 bridgehead atoms. The maximum Gasteiger partial charge on any atom is 0.254 e. The van der Waals surface area contributed by atoms with Crippen LogP contribution in [0.1, 0.15) is 21.5 Å². The number of nitrogens with one attached hydrogen (secondary N) is 1. The van der Waals surface area contributed by atoms with Crippen LogP contribution in [0.25, 0.3) is 5.69 Å². The largest absolute Gasteiger partial charge is 0.337 e. The first-order chi connectivity index (χ1) is 20.3. The van der Waals surface area contributed by atoms with Crippen molar-refractivity contribution in [1.82, 2.24) is 24.8 Å². The highest BCUT2D eigenvalue weighted by Gasteiger charge is 2.39. The minimum atomic E-state index is -0.960. The third-order valence-electron chi connectivity index (χ3n) is 7.43. The van der Waals surface area contributed by atoms with E-state index in [2.05, 4.69) is 15.6 Å². The van der Waals surface area contributed by atoms with Crippen LogP contribution >= 0.6 is 11.6 Å². The lowest BCUT2D eigenvalue weighted by atomic mass is 10.0. The van der Waals surface area contributed by atoms with Gasteiger partial charge in [-0.3, -0.25) is 24.1 Å². The smallest absolute Gasteiger partial charge is 0.254 e. The fourth-order valence-electron chi connectivity index (χ4n) is 5.33. The van der Waals surface area contributed by atoms with Crippen LogP contribution in [0.4, 0.5) is 11.4 Å². The van der Waals surface area contributed by atoms with Crippen molar-refractivity contribution < 1.29 is 19.2 Å². The van der Waals surface area contributed by atoms with Crippen LogP contribution in [-0.2, 0) is 27.3 Å². The summed E-state index contributed by atoms with van der Waals surface area (Å²) in [4.78, 5) is 57.6. The molecule has 1 atom stereocenters. The molecule has 1 aromatic heterocycles. The summed E-state index contributed by atoms with van der Waals surface area (Å²) in [6, 6.07) is 18.4. The summed E-state index contributed by atoms with van der Waals surface area (Å²) in [6.07, 6.45) is 3.34. The molecule has 11 nitrogen and oxygen atoms in total. The van der Waals surface area contributed by atoms with E-state index in [1.54, 1.807) is 54.5 Å². The number of halogens is 1. The Balaban J connectivity index is 1.27. The summed E-state index contributed by atoms with van der Waals surface area (Å²) < 4.78 is 1.49. The fraction of sp³-hybridized carbons (Fsp3) is 0.200. The first kappa shape index (κ1) is 27.2. The Bertz CT molecular complexity index is 1690. The topological polar surface area (TPSA) is 121 Å². The molecular formula is C30H26ClN7O4. The monoisotopic (exact) mass is 583 g/mol. The number of hydrogen-bond donors (Lipinski definition) is 1. The highest BCUT2D eigenvalue weighted by molar-refractivity contribution is 6.31. The van der Waals surface area contributed by atoms with E-state index in [0.29, 0.717) is 34.2 Å². The molecule has 3 aromatic carbocycles. The van der Waals surface area contributed by atoms with Crippen molar-refractivity contribution in [3.05, 3.63) is 101 Å². The molecule has 2 aliphatic heterocycles. The van der Waals surface area contributed by atoms with E-state index in [0.717, 1.165) is 11.1 Å². The van der Waals surface area contributed by atoms with E-state index in [4.69, 9.17) is 11.6 Å². The second-order valence-corrected chi connectivity index (χ2v) is 10.6. The Morgan fingerprint density at radius 3 is 2.52 bits per heavy atom. The molecule has 3 heterocycles. The van der Waals surface area contributed by atoms with Crippen molar-refractivity contribution in [2.24, 2.45) is 0 Å². The van der Waals surface area contributed by atoms with Gasteiger partial charge in [-0.1, -0.05) is 47.1 Å². The SMILES string of the molecule is CN1Cc2cc(NC(=O)C(Cc3ccccc3)N3CC(=O)N(c4cc(Cl)ccc4-n4ccnn4)CC3=O)ccc2C1=O. The minimum Gasteiger partial charge on any atom is -0.337 e. The molecule has 0 saturated carbocycles. The average molecular weight is 584 g/mol. The molecular weight excluding hydrogens is 558 g/mol. The molecule has 4 aromatic rings. The van der Waals surface area contributed by atoms with Crippen molar-refractivity contribution >= 4 is 46.6 Å². The van der Waals surface area contributed by atoms with E-state index in [-0.39, 0.29) is 31.3 Å². The number of carbonyl (C=O) groups is 4. The van der Waals surface area contributed by atoms with Gasteiger partial charge in [0.25, 0.3) is 5.91 Å². The third kappa shape index (κ3) is 5.21. The van der Waals surface area contributed by atoms with Gasteiger partial charge >= 0.3 is 0 Å². The Labute approximate surface area is 246 Å². The number of benzene rings is 3. The van der Waals surface area contributed by atoms with Gasteiger partial charge in [0.2, 0.25) is 17.7 Å². The van der Waals surface area contributed by atoms with Gasteiger partial charge in [0.1, 0.15) is 19.1 Å². The summed E-state index contributed by atoms with van der Waals surface area (Å²) >= 11 is 6.27. The number of hydrogen-bond acceptors (Lipinski definition) is 6. The van der Waals surface area contributed by atoms with Crippen molar-refractivity contribution in [3.8, 4) is 5.69 Å². The van der Waals surface area contributed by atoms with Gasteiger partial charge in [0.15, 0.2) is 0 Å². The van der Waals surface area contributed by atoms with Crippen molar-refractivity contribution in [2.45, 2.75) is 19.0 Å². The molecule has 1 N–H and O–H groups in total. The van der Waals surface area contributed by atoms with Gasteiger partial charge in [-0.2, -0.15) is 0 Å². The Morgan fingerprint density at radius 1 is 0.952 bits per heavy atom. The predicted molar refractivity (Wildman–Crippen MR) is 155 cm³/mol. The van der Waals surface area contributed by atoms with Gasteiger partial charge in [0.05, 0.1) is 23.8 Å². The lowest BCUT2D eigenvalue weighted by Crippen LogP contribution is -2.60. The van der Waals surface area contributed by atoms with E-state index in [9.17, 15) is 19.2 Å². The summed E-state index contributed by atoms with van der Waals surface area (Å²) in [5.41, 5.74) is 3.70. The second-order valence-electron chi connectivity index (χ2n) is 10.2. The molecule has 2 aliphatic rings. The van der Waals surface area contributed by atoms with Crippen molar-refractivity contribution in [1.29, 1.82) is 0 Å². The van der Waals surface area contributed by atoms with Gasteiger partial charge < -0.3 is 15.1 Å². The van der Waals surface area contributed by atoms with Crippen LogP contribution in [0.3, 0.4) is 0 Å². The quantitative estimate of drug-likeness (QED) is 0.357. The first-order valence-electron chi connectivity index (χ1n) is 13.3. The molecule has 212 valence electrons. The summed E-state index contributed by atoms with van der Waals surface area (Å²) in [6.45, 7) is -0.149. The number of amides is 4. The zero-order valence-electron chi connectivity index (χ0n) is 22.6. The maximum absolute atomic E-state index is 13.8. The van der Waals surface area contributed by atoms with E-state index in [1.807, 2.05) is 30.3 Å². The lowest BCUT2D eigenvalue weighted by molar-refractivity contribution is -0.143. The maximum atomic E-state index is 13.8. The van der Waals surface area contributed by atoms with Crippen LogP contribution < -0.4 is 10.2 Å². The van der Waals surface area contributed by atoms with Crippen LogP contribution in [0.5, 0.6) is 0 Å². The summed E-state index contributed by atoms with van der Waals surface area (Å²) in [7, 11) is 1.72. The second kappa shape index (κ2) is 11.1. The number of nitrogens with zero attached hydrogens (tertiary/aromatic N) is 6. The molecule has 42 heavy (non-hydrogen) atoms. The van der Waals surface area contributed by atoms with Gasteiger partial charge in [0, 0.05) is 36.3 Å². The van der Waals surface area contributed by atoms with Gasteiger partial charge in [-0.15, -0.1) is 5.10 Å². The molecule has 6 rings (SSSR count). The highest BCUT2D eigenvalue weighted by atomic mass is 35.5. The number of piperazine rings is 1. The van der Waals surface area contributed by atoms with Gasteiger partial charge in [-0.25, -0.2) is 4.68 Å². The molecule has 12 heteroatoms. The summed E-state index contributed by atoms with van der Waals surface area (Å²) in [5.74, 6) is -1.27. The number of fused-ring (bicyclic) bond motifs is 1. The van der Waals surface area contributed by atoms with Crippen molar-refractivity contribution in [3.63, 3.8) is 0 Å². The Morgan fingerprint density at radius 2 is 1.76 bits per heavy atom. The number of rotatable bonds is 7. The zero-order valence-corrected chi connectivity index (χ0v) is 23.4. The van der Waals surface area contributed by atoms with Crippen LogP contribution in [-0.4, -0.2) is 74.6 Å². The van der Waals surface area contributed by atoms with E-state index < -0.39 is 17.9 Å². The number of aromatic nitrogens is 3. The van der Waals surface area contributed by atoms with Crippen LogP contribution in [0.2, 0.25) is 5.02 Å². The lowest BCUT2D eigenvalue weighted by Gasteiger charge is -2.38. The molecule has 1 saturated heterocycles. The third-order valence-corrected chi connectivity index (χ3v) is 7.66. The van der Waals surface area contributed by atoms with Crippen LogP contribution in [0.15, 0.2) is 79.1 Å².